The SMILES string of the molecule is O.O=C1CC2=CC=CC(=O)C2C1=O. The van der Waals surface area contributed by atoms with Gasteiger partial charge in [0.05, 0.1) is 0 Å². The van der Waals surface area contributed by atoms with Gasteiger partial charge in [-0.2, -0.15) is 0 Å². The zero-order valence-corrected chi connectivity index (χ0v) is 6.74. The molecule has 2 N–H and O–H groups in total. The first-order chi connectivity index (χ1) is 5.70. The van der Waals surface area contributed by atoms with Crippen molar-refractivity contribution < 1.29 is 19.9 Å². The van der Waals surface area contributed by atoms with Gasteiger partial charge in [0.15, 0.2) is 5.78 Å². The molecular formula is C9H8O4. The molecule has 0 aromatic heterocycles. The fourth-order valence-electron chi connectivity index (χ4n) is 1.53. The van der Waals surface area contributed by atoms with Crippen molar-refractivity contribution in [3.8, 4) is 0 Å². The summed E-state index contributed by atoms with van der Waals surface area (Å²) in [6.07, 6.45) is 4.72. The molecule has 2 aliphatic rings. The first kappa shape index (κ1) is 9.54. The van der Waals surface area contributed by atoms with Crippen LogP contribution >= 0.6 is 0 Å². The van der Waals surface area contributed by atoms with Crippen LogP contribution in [0.1, 0.15) is 6.42 Å². The van der Waals surface area contributed by atoms with Gasteiger partial charge in [-0.05, 0) is 11.6 Å². The molecule has 68 valence electrons. The fourth-order valence-corrected chi connectivity index (χ4v) is 1.53. The molecule has 0 aromatic rings. The minimum atomic E-state index is -0.775. The lowest BCUT2D eigenvalue weighted by Gasteiger charge is -2.07. The lowest BCUT2D eigenvalue weighted by molar-refractivity contribution is -0.137. The van der Waals surface area contributed by atoms with Crippen molar-refractivity contribution in [1.29, 1.82) is 0 Å². The molecule has 1 fully saturated rings. The lowest BCUT2D eigenvalue weighted by atomic mass is 9.93. The number of allylic oxidation sites excluding steroid dienone is 4. The highest BCUT2D eigenvalue weighted by atomic mass is 16.2. The predicted octanol–water partition coefficient (Wildman–Crippen LogP) is -0.615. The average Bonchev–Trinajstić information content (AvgIpc) is 2.29. The third kappa shape index (κ3) is 1.25. The molecule has 2 rings (SSSR count). The molecule has 4 heteroatoms. The highest BCUT2D eigenvalue weighted by Crippen LogP contribution is 2.28. The Balaban J connectivity index is 0.000000845. The maximum absolute atomic E-state index is 11.1. The second-order valence-corrected chi connectivity index (χ2v) is 2.90. The standard InChI is InChI=1S/C9H6O3.H2O/c10-6-3-1-2-5-4-7(11)9(12)8(5)6;/h1-3,8H,4H2;1H2. The van der Waals surface area contributed by atoms with Gasteiger partial charge in [-0.25, -0.2) is 0 Å². The number of ketones is 3. The molecule has 0 radical (unpaired) electrons. The van der Waals surface area contributed by atoms with E-state index in [1.165, 1.54) is 6.08 Å². The molecular weight excluding hydrogens is 172 g/mol. The number of hydrogen-bond acceptors (Lipinski definition) is 3. The summed E-state index contributed by atoms with van der Waals surface area (Å²) in [6.45, 7) is 0. The highest BCUT2D eigenvalue weighted by Gasteiger charge is 2.41. The van der Waals surface area contributed by atoms with Crippen molar-refractivity contribution >= 4 is 17.3 Å². The first-order valence-electron chi connectivity index (χ1n) is 3.68. The molecule has 13 heavy (non-hydrogen) atoms. The molecule has 4 nitrogen and oxygen atoms in total. The Hall–Kier alpha value is -1.55. The van der Waals surface area contributed by atoms with Crippen molar-refractivity contribution in [2.45, 2.75) is 6.42 Å². The van der Waals surface area contributed by atoms with E-state index in [0.717, 1.165) is 0 Å². The summed E-state index contributed by atoms with van der Waals surface area (Å²) in [4.78, 5) is 33.2. The van der Waals surface area contributed by atoms with Crippen LogP contribution in [0.2, 0.25) is 0 Å². The van der Waals surface area contributed by atoms with Gasteiger partial charge in [0.25, 0.3) is 0 Å². The van der Waals surface area contributed by atoms with Crippen LogP contribution in [0.4, 0.5) is 0 Å². The Morgan fingerprint density at radius 2 is 1.92 bits per heavy atom. The van der Waals surface area contributed by atoms with E-state index in [0.29, 0.717) is 5.57 Å². The van der Waals surface area contributed by atoms with Crippen molar-refractivity contribution in [1.82, 2.24) is 0 Å². The molecule has 1 unspecified atom stereocenters. The molecule has 0 bridgehead atoms. The molecule has 0 amide bonds. The zero-order valence-electron chi connectivity index (χ0n) is 6.74. The van der Waals surface area contributed by atoms with E-state index in [1.807, 2.05) is 0 Å². The second kappa shape index (κ2) is 3.06. The Morgan fingerprint density at radius 1 is 1.23 bits per heavy atom. The van der Waals surface area contributed by atoms with E-state index in [9.17, 15) is 14.4 Å². The Morgan fingerprint density at radius 3 is 2.54 bits per heavy atom. The maximum Gasteiger partial charge on any atom is 0.213 e. The van der Waals surface area contributed by atoms with Crippen molar-refractivity contribution in [3.05, 3.63) is 23.8 Å². The van der Waals surface area contributed by atoms with Gasteiger partial charge in [-0.3, -0.25) is 14.4 Å². The van der Waals surface area contributed by atoms with Crippen LogP contribution < -0.4 is 0 Å². The summed E-state index contributed by atoms with van der Waals surface area (Å²) >= 11 is 0. The van der Waals surface area contributed by atoms with Crippen molar-refractivity contribution in [2.75, 3.05) is 0 Å². The van der Waals surface area contributed by atoms with Crippen LogP contribution in [0.3, 0.4) is 0 Å². The van der Waals surface area contributed by atoms with E-state index >= 15 is 0 Å². The Kier molecular flexibility index (Phi) is 2.25. The van der Waals surface area contributed by atoms with E-state index in [4.69, 9.17) is 0 Å². The Bertz CT molecular complexity index is 349. The average molecular weight is 180 g/mol. The zero-order chi connectivity index (χ0) is 8.72. The van der Waals surface area contributed by atoms with Gasteiger partial charge in [-0.15, -0.1) is 0 Å². The summed E-state index contributed by atoms with van der Waals surface area (Å²) in [5, 5.41) is 0. The molecule has 0 aliphatic heterocycles. The van der Waals surface area contributed by atoms with E-state index in [-0.39, 0.29) is 17.7 Å². The number of Topliss-reactive ketones (excluding diaryl/α,β-unsaturated/α-hetero) is 2. The molecule has 0 saturated heterocycles. The van der Waals surface area contributed by atoms with Gasteiger partial charge in [0, 0.05) is 6.42 Å². The van der Waals surface area contributed by atoms with E-state index < -0.39 is 17.5 Å². The summed E-state index contributed by atoms with van der Waals surface area (Å²) in [5.41, 5.74) is 0.650. The van der Waals surface area contributed by atoms with Crippen LogP contribution in [0.25, 0.3) is 0 Å². The topological polar surface area (TPSA) is 82.7 Å². The van der Waals surface area contributed by atoms with Crippen LogP contribution in [0.5, 0.6) is 0 Å². The Labute approximate surface area is 74.2 Å². The van der Waals surface area contributed by atoms with E-state index in [2.05, 4.69) is 0 Å². The first-order valence-corrected chi connectivity index (χ1v) is 3.68. The number of fused-ring (bicyclic) bond motifs is 1. The van der Waals surface area contributed by atoms with Gasteiger partial charge >= 0.3 is 0 Å². The summed E-state index contributed by atoms with van der Waals surface area (Å²) in [5.74, 6) is -2.02. The van der Waals surface area contributed by atoms with Crippen LogP contribution in [-0.4, -0.2) is 22.8 Å². The number of carbonyl (C=O) groups excluding carboxylic acids is 3. The minimum Gasteiger partial charge on any atom is -0.412 e. The minimum absolute atomic E-state index is 0. The number of hydrogen-bond donors (Lipinski definition) is 0. The number of carbonyl (C=O) groups is 3. The van der Waals surface area contributed by atoms with Crippen molar-refractivity contribution in [2.24, 2.45) is 5.92 Å². The number of rotatable bonds is 0. The fraction of sp³-hybridized carbons (Fsp3) is 0.222. The smallest absolute Gasteiger partial charge is 0.213 e. The normalized spacial score (nSPS) is 25.4. The van der Waals surface area contributed by atoms with Gasteiger partial charge < -0.3 is 5.48 Å². The predicted molar refractivity (Wildman–Crippen MR) is 44.0 cm³/mol. The highest BCUT2D eigenvalue weighted by molar-refractivity contribution is 6.46. The van der Waals surface area contributed by atoms with Crippen LogP contribution in [0.15, 0.2) is 23.8 Å². The van der Waals surface area contributed by atoms with Crippen LogP contribution in [-0.2, 0) is 14.4 Å². The maximum atomic E-state index is 11.1. The molecule has 0 aromatic carbocycles. The molecule has 2 aliphatic carbocycles. The second-order valence-electron chi connectivity index (χ2n) is 2.90. The lowest BCUT2D eigenvalue weighted by Crippen LogP contribution is -2.22. The monoisotopic (exact) mass is 180 g/mol. The third-order valence-corrected chi connectivity index (χ3v) is 2.13. The van der Waals surface area contributed by atoms with Crippen LogP contribution in [0, 0.1) is 5.92 Å². The van der Waals surface area contributed by atoms with Crippen molar-refractivity contribution in [3.63, 3.8) is 0 Å². The summed E-state index contributed by atoms with van der Waals surface area (Å²) in [6, 6.07) is 0. The quantitative estimate of drug-likeness (QED) is 0.368. The molecule has 0 spiro atoms. The van der Waals surface area contributed by atoms with Gasteiger partial charge in [0.2, 0.25) is 11.6 Å². The summed E-state index contributed by atoms with van der Waals surface area (Å²) in [7, 11) is 0. The summed E-state index contributed by atoms with van der Waals surface area (Å²) < 4.78 is 0. The largest absolute Gasteiger partial charge is 0.412 e. The van der Waals surface area contributed by atoms with Gasteiger partial charge in [0.1, 0.15) is 5.92 Å². The molecule has 0 heterocycles. The molecule has 1 saturated carbocycles. The molecule has 1 atom stereocenters. The third-order valence-electron chi connectivity index (χ3n) is 2.13. The van der Waals surface area contributed by atoms with Gasteiger partial charge in [-0.1, -0.05) is 12.2 Å². The van der Waals surface area contributed by atoms with E-state index in [1.54, 1.807) is 12.2 Å².